The molecule has 0 unspecified atom stereocenters. The van der Waals surface area contributed by atoms with E-state index >= 15 is 0 Å². The minimum absolute atomic E-state index is 0.0558. The maximum Gasteiger partial charge on any atom is 0.263 e. The van der Waals surface area contributed by atoms with Crippen molar-refractivity contribution in [1.29, 1.82) is 0 Å². The molecule has 0 spiro atoms. The van der Waals surface area contributed by atoms with E-state index < -0.39 is 10.0 Å². The highest BCUT2D eigenvalue weighted by Gasteiger charge is 2.18. The first-order valence-electron chi connectivity index (χ1n) is 5.53. The van der Waals surface area contributed by atoms with Crippen LogP contribution in [0.25, 0.3) is 0 Å². The van der Waals surface area contributed by atoms with Gasteiger partial charge in [0, 0.05) is 8.04 Å². The van der Waals surface area contributed by atoms with E-state index in [1.807, 2.05) is 19.1 Å². The van der Waals surface area contributed by atoms with Crippen molar-refractivity contribution in [2.45, 2.75) is 11.8 Å². The lowest BCUT2D eigenvalue weighted by atomic mass is 10.2. The van der Waals surface area contributed by atoms with E-state index in [9.17, 15) is 8.42 Å². The Bertz CT molecular complexity index is 765. The number of hydrogen-bond donors (Lipinski definition) is 1. The van der Waals surface area contributed by atoms with Gasteiger partial charge in [-0.1, -0.05) is 27.5 Å². The Morgan fingerprint density at radius 3 is 2.50 bits per heavy atom. The third-order valence-electron chi connectivity index (χ3n) is 2.62. The molecule has 0 aromatic heterocycles. The van der Waals surface area contributed by atoms with Crippen molar-refractivity contribution >= 4 is 65.8 Å². The first-order valence-corrected chi connectivity index (χ1v) is 9.27. The summed E-state index contributed by atoms with van der Waals surface area (Å²) < 4.78 is 29.1. The van der Waals surface area contributed by atoms with E-state index in [4.69, 9.17) is 11.6 Å². The SMILES string of the molecule is Cc1cc(I)ccc1NS(=O)(=O)c1ccc(Br)cc1Cl. The van der Waals surface area contributed by atoms with Crippen molar-refractivity contribution in [2.24, 2.45) is 0 Å². The van der Waals surface area contributed by atoms with E-state index in [2.05, 4.69) is 43.2 Å². The Morgan fingerprint density at radius 2 is 1.90 bits per heavy atom. The van der Waals surface area contributed by atoms with Crippen molar-refractivity contribution < 1.29 is 8.42 Å². The molecule has 2 aromatic carbocycles. The normalized spacial score (nSPS) is 11.4. The summed E-state index contributed by atoms with van der Waals surface area (Å²) in [7, 11) is -3.70. The van der Waals surface area contributed by atoms with Crippen LogP contribution in [0.5, 0.6) is 0 Å². The van der Waals surface area contributed by atoms with Gasteiger partial charge < -0.3 is 0 Å². The standard InChI is InChI=1S/C13H10BrClINO2S/c1-8-6-10(16)3-4-12(8)17-20(18,19)13-5-2-9(14)7-11(13)15/h2-7,17H,1H3. The average Bonchev–Trinajstić information content (AvgIpc) is 2.32. The van der Waals surface area contributed by atoms with Crippen molar-refractivity contribution in [3.8, 4) is 0 Å². The van der Waals surface area contributed by atoms with Crippen molar-refractivity contribution in [1.82, 2.24) is 0 Å². The molecule has 0 heterocycles. The van der Waals surface area contributed by atoms with Crippen LogP contribution < -0.4 is 4.72 Å². The van der Waals surface area contributed by atoms with Gasteiger partial charge in [-0.2, -0.15) is 0 Å². The highest BCUT2D eigenvalue weighted by molar-refractivity contribution is 14.1. The predicted octanol–water partition coefficient (Wildman–Crippen LogP) is 4.82. The number of rotatable bonds is 3. The molecule has 0 aliphatic heterocycles. The van der Waals surface area contributed by atoms with Crippen molar-refractivity contribution in [3.63, 3.8) is 0 Å². The second-order valence-corrected chi connectivity index (χ2v) is 8.36. The second kappa shape index (κ2) is 6.21. The zero-order valence-corrected chi connectivity index (χ0v) is 15.6. The number of anilines is 1. The zero-order valence-electron chi connectivity index (χ0n) is 10.3. The van der Waals surface area contributed by atoms with Gasteiger partial charge in [0.05, 0.1) is 10.7 Å². The van der Waals surface area contributed by atoms with Gasteiger partial charge in [0.2, 0.25) is 0 Å². The molecule has 0 saturated heterocycles. The maximum atomic E-state index is 12.4. The summed E-state index contributed by atoms with van der Waals surface area (Å²) >= 11 is 11.4. The Balaban J connectivity index is 2.41. The third-order valence-corrected chi connectivity index (χ3v) is 5.63. The lowest BCUT2D eigenvalue weighted by Crippen LogP contribution is -2.14. The fourth-order valence-corrected chi connectivity index (χ4v) is 4.45. The first kappa shape index (κ1) is 16.1. The summed E-state index contributed by atoms with van der Waals surface area (Å²) in [5.74, 6) is 0. The molecule has 2 rings (SSSR count). The number of sulfonamides is 1. The predicted molar refractivity (Wildman–Crippen MR) is 93.9 cm³/mol. The fraction of sp³-hybridized carbons (Fsp3) is 0.0769. The van der Waals surface area contributed by atoms with Crippen LogP contribution in [0, 0.1) is 10.5 Å². The average molecular weight is 487 g/mol. The van der Waals surface area contributed by atoms with E-state index in [-0.39, 0.29) is 9.92 Å². The molecular weight excluding hydrogens is 476 g/mol. The summed E-state index contributed by atoms with van der Waals surface area (Å²) in [4.78, 5) is 0.0558. The van der Waals surface area contributed by atoms with Gasteiger partial charge in [0.25, 0.3) is 10.0 Å². The monoisotopic (exact) mass is 485 g/mol. The van der Waals surface area contributed by atoms with Crippen LogP contribution in [0.4, 0.5) is 5.69 Å². The molecule has 20 heavy (non-hydrogen) atoms. The van der Waals surface area contributed by atoms with Crippen LogP contribution in [0.15, 0.2) is 45.8 Å². The van der Waals surface area contributed by atoms with Gasteiger partial charge >= 0.3 is 0 Å². The Kier molecular flexibility index (Phi) is 4.99. The summed E-state index contributed by atoms with van der Waals surface area (Å²) in [5, 5.41) is 0.176. The zero-order chi connectivity index (χ0) is 14.9. The minimum Gasteiger partial charge on any atom is -0.279 e. The molecule has 0 aliphatic rings. The molecule has 3 nitrogen and oxygen atoms in total. The van der Waals surface area contributed by atoms with E-state index in [0.717, 1.165) is 13.6 Å². The maximum absolute atomic E-state index is 12.4. The highest BCUT2D eigenvalue weighted by atomic mass is 127. The van der Waals surface area contributed by atoms with Crippen LogP contribution in [-0.2, 0) is 10.0 Å². The number of nitrogens with one attached hydrogen (secondary N) is 1. The van der Waals surface area contributed by atoms with Gasteiger partial charge in [0.15, 0.2) is 0 Å². The quantitative estimate of drug-likeness (QED) is 0.633. The molecule has 2 aromatic rings. The van der Waals surface area contributed by atoms with Gasteiger partial charge in [-0.25, -0.2) is 8.42 Å². The van der Waals surface area contributed by atoms with Crippen LogP contribution in [0.2, 0.25) is 5.02 Å². The van der Waals surface area contributed by atoms with E-state index in [0.29, 0.717) is 5.69 Å². The highest BCUT2D eigenvalue weighted by Crippen LogP contribution is 2.28. The molecule has 0 saturated carbocycles. The summed E-state index contributed by atoms with van der Waals surface area (Å²) in [6.45, 7) is 1.85. The Labute approximate surface area is 145 Å². The molecule has 0 atom stereocenters. The largest absolute Gasteiger partial charge is 0.279 e. The number of hydrogen-bond acceptors (Lipinski definition) is 2. The fourth-order valence-electron chi connectivity index (χ4n) is 1.63. The molecule has 0 aliphatic carbocycles. The van der Waals surface area contributed by atoms with Gasteiger partial charge in [-0.3, -0.25) is 4.72 Å². The van der Waals surface area contributed by atoms with Gasteiger partial charge in [-0.15, -0.1) is 0 Å². The number of aryl methyl sites for hydroxylation is 1. The molecule has 106 valence electrons. The van der Waals surface area contributed by atoms with Crippen LogP contribution >= 0.6 is 50.1 Å². The van der Waals surface area contributed by atoms with E-state index in [1.54, 1.807) is 18.2 Å². The lowest BCUT2D eigenvalue weighted by Gasteiger charge is -2.12. The van der Waals surface area contributed by atoms with Crippen LogP contribution in [0.1, 0.15) is 5.56 Å². The number of benzene rings is 2. The third kappa shape index (κ3) is 3.66. The topological polar surface area (TPSA) is 46.2 Å². The summed E-state index contributed by atoms with van der Waals surface area (Å²) in [6.07, 6.45) is 0. The molecular formula is C13H10BrClINO2S. The molecule has 0 fully saturated rings. The van der Waals surface area contributed by atoms with Gasteiger partial charge in [0.1, 0.15) is 4.90 Å². The summed E-state index contributed by atoms with van der Waals surface area (Å²) in [5.41, 5.74) is 1.40. The van der Waals surface area contributed by atoms with Crippen molar-refractivity contribution in [2.75, 3.05) is 4.72 Å². The molecule has 0 radical (unpaired) electrons. The smallest absolute Gasteiger partial charge is 0.263 e. The lowest BCUT2D eigenvalue weighted by molar-refractivity contribution is 0.601. The van der Waals surface area contributed by atoms with E-state index in [1.165, 1.54) is 6.07 Å². The molecule has 0 amide bonds. The minimum atomic E-state index is -3.70. The van der Waals surface area contributed by atoms with Gasteiger partial charge in [-0.05, 0) is 71.5 Å². The second-order valence-electron chi connectivity index (χ2n) is 4.14. The molecule has 1 N–H and O–H groups in total. The van der Waals surface area contributed by atoms with Crippen LogP contribution in [-0.4, -0.2) is 8.42 Å². The number of halogens is 3. The van der Waals surface area contributed by atoms with Crippen LogP contribution in [0.3, 0.4) is 0 Å². The molecule has 7 heteroatoms. The van der Waals surface area contributed by atoms with Crippen molar-refractivity contribution in [3.05, 3.63) is 55.0 Å². The summed E-state index contributed by atoms with van der Waals surface area (Å²) in [6, 6.07) is 10.1. The Morgan fingerprint density at radius 1 is 1.20 bits per heavy atom. The molecule has 0 bridgehead atoms. The Hall–Kier alpha value is -0.310. The first-order chi connectivity index (χ1) is 9.29.